The van der Waals surface area contributed by atoms with Gasteiger partial charge >= 0.3 is 0 Å². The van der Waals surface area contributed by atoms with Gasteiger partial charge in [-0.25, -0.2) is 0 Å². The molecule has 1 aliphatic carbocycles. The number of piperazine rings is 1. The van der Waals surface area contributed by atoms with Crippen molar-refractivity contribution >= 4 is 18.4 Å². The largest absolute Gasteiger partial charge is 0.507 e. The van der Waals surface area contributed by atoms with E-state index in [2.05, 4.69) is 105 Å². The van der Waals surface area contributed by atoms with Gasteiger partial charge in [-0.2, -0.15) is 0 Å². The molecular weight excluding hydrogens is 769 g/mol. The summed E-state index contributed by atoms with van der Waals surface area (Å²) in [6, 6.07) is 8.66. The van der Waals surface area contributed by atoms with Crippen molar-refractivity contribution in [1.29, 1.82) is 0 Å². The van der Waals surface area contributed by atoms with Crippen molar-refractivity contribution in [2.45, 2.75) is 150 Å². The fraction of sp³-hybridized carbons (Fsp3) is 0.659. The molecule has 1 aliphatic heterocycles. The van der Waals surface area contributed by atoms with Gasteiger partial charge in [0.05, 0.1) is 43.9 Å². The number of hydrogen-bond donors (Lipinski definition) is 3. The van der Waals surface area contributed by atoms with E-state index in [0.29, 0.717) is 11.5 Å². The minimum atomic E-state index is -1.75. The van der Waals surface area contributed by atoms with E-state index >= 15 is 0 Å². The van der Waals surface area contributed by atoms with E-state index < -0.39 is 11.1 Å². The molecule has 4 rings (SSSR count). The monoisotopic (exact) mass is 840 g/mol. The van der Waals surface area contributed by atoms with Crippen molar-refractivity contribution in [3.63, 3.8) is 0 Å². The molecule has 1 unspecified atom stereocenters. The maximum absolute atomic E-state index is 11.6. The van der Waals surface area contributed by atoms with E-state index in [9.17, 15) is 10.2 Å². The Hall–Kier alpha value is -3.52. The number of aliphatic imine (C=N–C) groups is 2. The molecule has 1 saturated carbocycles. The standard InChI is InChI=1S/C42H66N4O2.C2H4O2.Co.NO3/c1-12-13-20-46(11)21-18-45(19-22-46)29-32-25-33(40(2,3)4)23-30(38(32)47)27-43-36-16-14-15-17-37(36)44-28-31-24-34(41(5,6)7)26-35(39(31)48)42(8,9)10;1-2(3)4;;2-1(3)4/h23-28,36-37H,12-22,29H2,1-11H3,(H-,43,44,47,48);1H3,(H,3,4);;/q;;;-1/p+1/t36-,37?;;;/m1.../s1. The van der Waals surface area contributed by atoms with Crippen LogP contribution < -0.4 is 0 Å². The number of carboxylic acid groups (broad SMARTS) is 1. The van der Waals surface area contributed by atoms with Gasteiger partial charge in [0.25, 0.3) is 5.97 Å². The summed E-state index contributed by atoms with van der Waals surface area (Å²) in [6.07, 6.45) is 10.5. The Morgan fingerprint density at radius 3 is 1.67 bits per heavy atom. The van der Waals surface area contributed by atoms with Gasteiger partial charge in [0.15, 0.2) is 0 Å². The number of quaternary nitrogens is 1. The van der Waals surface area contributed by atoms with Gasteiger partial charge in [-0.3, -0.25) is 19.7 Å². The van der Waals surface area contributed by atoms with E-state index in [-0.39, 0.29) is 45.1 Å². The number of likely N-dealkylation sites (N-methyl/N-ethyl adjacent to an activating group) is 1. The van der Waals surface area contributed by atoms with Crippen LogP contribution in [0.25, 0.3) is 0 Å². The molecule has 0 bridgehead atoms. The van der Waals surface area contributed by atoms with Crippen LogP contribution in [0.4, 0.5) is 0 Å². The molecular formula is C44H71CoN5O7. The molecule has 2 aromatic carbocycles. The molecule has 2 fully saturated rings. The minimum Gasteiger partial charge on any atom is -0.507 e. The Labute approximate surface area is 352 Å². The number of carbonyl (C=O) groups is 1. The van der Waals surface area contributed by atoms with Crippen LogP contribution in [0.5, 0.6) is 11.5 Å². The van der Waals surface area contributed by atoms with E-state index in [4.69, 9.17) is 35.2 Å². The van der Waals surface area contributed by atoms with Crippen LogP contribution in [0.1, 0.15) is 148 Å². The second-order valence-electron chi connectivity index (χ2n) is 18.9. The third kappa shape index (κ3) is 17.1. The summed E-state index contributed by atoms with van der Waals surface area (Å²) >= 11 is 0. The van der Waals surface area contributed by atoms with Crippen molar-refractivity contribution in [3.05, 3.63) is 73.0 Å². The average molecular weight is 841 g/mol. The number of phenols is 2. The minimum absolute atomic E-state index is 0. The number of aliphatic carboxylic acids is 1. The molecule has 1 radical (unpaired) electrons. The van der Waals surface area contributed by atoms with E-state index in [1.165, 1.54) is 30.5 Å². The summed E-state index contributed by atoms with van der Waals surface area (Å²) < 4.78 is 1.15. The maximum Gasteiger partial charge on any atom is 0.300 e. The fourth-order valence-corrected chi connectivity index (χ4v) is 7.07. The predicted octanol–water partition coefficient (Wildman–Crippen LogP) is 8.75. The normalized spacial score (nSPS) is 18.9. The van der Waals surface area contributed by atoms with Crippen LogP contribution in [0, 0.1) is 15.3 Å². The SMILES string of the molecule is CC(=O)O.CCCC[N+]1(C)CCN(Cc2cc(C(C)(C)C)cc(C=N[C@@H]3CCCCC3N=Cc3cc(C(C)(C)C)cc(C(C)(C)C)c3O)c2O)CC1.O=[N+]([O-])[O-].[Co]. The summed E-state index contributed by atoms with van der Waals surface area (Å²) in [6.45, 7) is 29.6. The zero-order valence-electron chi connectivity index (χ0n) is 36.6. The molecule has 2 aliphatic rings. The number of carboxylic acids is 1. The molecule has 13 heteroatoms. The summed E-state index contributed by atoms with van der Waals surface area (Å²) in [5, 5.41) is 45.1. The molecule has 12 nitrogen and oxygen atoms in total. The number of nitrogens with zero attached hydrogens (tertiary/aromatic N) is 5. The molecule has 57 heavy (non-hydrogen) atoms. The Kier molecular flexibility index (Phi) is 19.9. The zero-order valence-corrected chi connectivity index (χ0v) is 37.7. The second kappa shape index (κ2) is 22.0. The third-order valence-corrected chi connectivity index (χ3v) is 10.8. The number of phenolic OH excluding ortho intramolecular Hbond substituents is 2. The van der Waals surface area contributed by atoms with Crippen LogP contribution in [-0.4, -0.2) is 100 Å². The first kappa shape index (κ1) is 51.5. The van der Waals surface area contributed by atoms with Crippen LogP contribution in [0.3, 0.4) is 0 Å². The summed E-state index contributed by atoms with van der Waals surface area (Å²) in [5.41, 5.74) is 5.68. The first-order chi connectivity index (χ1) is 25.8. The zero-order chi connectivity index (χ0) is 42.6. The van der Waals surface area contributed by atoms with Gasteiger partial charge in [-0.15, -0.1) is 0 Å². The molecule has 2 aromatic rings. The van der Waals surface area contributed by atoms with Crippen molar-refractivity contribution in [1.82, 2.24) is 4.90 Å². The molecule has 0 spiro atoms. The number of rotatable bonds is 9. The summed E-state index contributed by atoms with van der Waals surface area (Å²) in [7, 11) is 2.40. The number of unbranched alkanes of at least 4 members (excludes halogenated alkanes) is 1. The Morgan fingerprint density at radius 1 is 0.842 bits per heavy atom. The van der Waals surface area contributed by atoms with Crippen molar-refractivity contribution in [2.24, 2.45) is 9.98 Å². The molecule has 0 amide bonds. The molecule has 3 N–H and O–H groups in total. The Balaban J connectivity index is 0.00000165. The van der Waals surface area contributed by atoms with Crippen LogP contribution in [0.2, 0.25) is 0 Å². The molecule has 1 heterocycles. The van der Waals surface area contributed by atoms with E-state index in [1.54, 1.807) is 0 Å². The molecule has 2 atom stereocenters. The first-order valence-corrected chi connectivity index (χ1v) is 20.1. The van der Waals surface area contributed by atoms with Gasteiger partial charge in [-0.05, 0) is 58.8 Å². The van der Waals surface area contributed by atoms with Gasteiger partial charge in [0.2, 0.25) is 0 Å². The molecule has 0 aromatic heterocycles. The predicted molar refractivity (Wildman–Crippen MR) is 228 cm³/mol. The fourth-order valence-electron chi connectivity index (χ4n) is 7.07. The molecule has 323 valence electrons. The van der Waals surface area contributed by atoms with Crippen LogP contribution in [0.15, 0.2) is 34.3 Å². The first-order valence-electron chi connectivity index (χ1n) is 20.1. The Morgan fingerprint density at radius 2 is 1.26 bits per heavy atom. The summed E-state index contributed by atoms with van der Waals surface area (Å²) in [5.74, 6) is -0.153. The molecule has 1 saturated heterocycles. The van der Waals surface area contributed by atoms with Crippen molar-refractivity contribution in [3.8, 4) is 11.5 Å². The quantitative estimate of drug-likeness (QED) is 0.0974. The van der Waals surface area contributed by atoms with E-state index in [0.717, 1.165) is 92.1 Å². The smallest absolute Gasteiger partial charge is 0.300 e. The van der Waals surface area contributed by atoms with Crippen LogP contribution >= 0.6 is 0 Å². The van der Waals surface area contributed by atoms with Gasteiger partial charge in [-0.1, -0.05) is 101 Å². The van der Waals surface area contributed by atoms with Crippen molar-refractivity contribution in [2.75, 3.05) is 39.8 Å². The van der Waals surface area contributed by atoms with Gasteiger partial charge in [0, 0.05) is 78.0 Å². The number of aromatic hydroxyl groups is 2. The Bertz CT molecular complexity index is 1650. The van der Waals surface area contributed by atoms with Gasteiger partial charge < -0.3 is 35.1 Å². The maximum atomic E-state index is 11.6. The van der Waals surface area contributed by atoms with Crippen molar-refractivity contribution < 1.29 is 46.5 Å². The number of hydrogen-bond acceptors (Lipinski definition) is 9. The number of benzene rings is 2. The average Bonchev–Trinajstić information content (AvgIpc) is 3.06. The van der Waals surface area contributed by atoms with E-state index in [1.807, 2.05) is 12.4 Å². The summed E-state index contributed by atoms with van der Waals surface area (Å²) in [4.78, 5) is 30.0. The topological polar surface area (TPSA) is 172 Å². The third-order valence-electron chi connectivity index (χ3n) is 10.8. The van der Waals surface area contributed by atoms with Crippen LogP contribution in [-0.2, 0) is 44.4 Å². The van der Waals surface area contributed by atoms with Gasteiger partial charge in [0.1, 0.15) is 11.5 Å². The second-order valence-corrected chi connectivity index (χ2v) is 18.9.